The molecular weight excluding hydrogens is 200 g/mol. The number of nitro groups is 1. The predicted octanol–water partition coefficient (Wildman–Crippen LogP) is 1.04. The minimum atomic E-state index is -0.821. The largest absolute Gasteiger partial charge is 0.313 e. The summed E-state index contributed by atoms with van der Waals surface area (Å²) in [4.78, 5) is 32.4. The molecule has 0 spiro atoms. The highest BCUT2D eigenvalue weighted by molar-refractivity contribution is 6.52. The molecule has 1 heterocycles. The summed E-state index contributed by atoms with van der Waals surface area (Å²) in [5, 5.41) is 12.9. The van der Waals surface area contributed by atoms with Gasteiger partial charge in [-0.05, 0) is 13.0 Å². The van der Waals surface area contributed by atoms with Gasteiger partial charge in [0.25, 0.3) is 17.4 Å². The van der Waals surface area contributed by atoms with Gasteiger partial charge in [0.1, 0.15) is 5.69 Å². The van der Waals surface area contributed by atoms with E-state index in [0.717, 1.165) is 0 Å². The molecule has 0 aliphatic carbocycles. The fraction of sp³-hybridized carbons (Fsp3) is 0.111. The molecule has 0 aromatic heterocycles. The van der Waals surface area contributed by atoms with Crippen LogP contribution in [0.25, 0.3) is 0 Å². The van der Waals surface area contributed by atoms with E-state index in [0.29, 0.717) is 5.56 Å². The van der Waals surface area contributed by atoms with Crippen LogP contribution in [0.1, 0.15) is 15.9 Å². The second-order valence-corrected chi connectivity index (χ2v) is 3.19. The first kappa shape index (κ1) is 9.32. The number of carbonyl (C=O) groups is 2. The molecule has 0 unspecified atom stereocenters. The summed E-state index contributed by atoms with van der Waals surface area (Å²) in [5.74, 6) is -1.55. The summed E-state index contributed by atoms with van der Waals surface area (Å²) in [6.07, 6.45) is 0. The summed E-state index contributed by atoms with van der Waals surface area (Å²) in [6.45, 7) is 1.55. The molecule has 1 aliphatic heterocycles. The number of amides is 1. The Hall–Kier alpha value is -2.24. The van der Waals surface area contributed by atoms with Crippen molar-refractivity contribution in [3.8, 4) is 0 Å². The maximum Gasteiger partial charge on any atom is 0.297 e. The lowest BCUT2D eigenvalue weighted by Gasteiger charge is -2.01. The Kier molecular flexibility index (Phi) is 1.79. The number of nitrogens with zero attached hydrogens (tertiary/aromatic N) is 1. The molecule has 1 amide bonds. The van der Waals surface area contributed by atoms with Gasteiger partial charge in [-0.3, -0.25) is 19.7 Å². The van der Waals surface area contributed by atoms with Gasteiger partial charge in [0.15, 0.2) is 0 Å². The highest BCUT2D eigenvalue weighted by Gasteiger charge is 2.34. The zero-order valence-corrected chi connectivity index (χ0v) is 7.73. The van der Waals surface area contributed by atoms with Gasteiger partial charge in [-0.1, -0.05) is 6.07 Å². The molecule has 0 fully saturated rings. The third-order valence-corrected chi connectivity index (χ3v) is 2.25. The average Bonchev–Trinajstić information content (AvgIpc) is 2.42. The van der Waals surface area contributed by atoms with Crippen LogP contribution in [0, 0.1) is 17.0 Å². The van der Waals surface area contributed by atoms with E-state index in [1.807, 2.05) is 0 Å². The Morgan fingerprint density at radius 2 is 2.00 bits per heavy atom. The summed E-state index contributed by atoms with van der Waals surface area (Å²) in [5.41, 5.74) is 0.271. The highest BCUT2D eigenvalue weighted by atomic mass is 16.6. The van der Waals surface area contributed by atoms with Gasteiger partial charge >= 0.3 is 0 Å². The first-order chi connectivity index (χ1) is 7.02. The standard InChI is InChI=1S/C9H6N2O4/c1-4-2-3-5-6(7(4)11(14)15)10-9(13)8(5)12/h2-3H,1H3,(H,10,12,13). The van der Waals surface area contributed by atoms with Crippen molar-refractivity contribution in [1.29, 1.82) is 0 Å². The minimum absolute atomic E-state index is 0.00926. The van der Waals surface area contributed by atoms with Gasteiger partial charge in [-0.25, -0.2) is 0 Å². The average molecular weight is 206 g/mol. The number of nitrogens with one attached hydrogen (secondary N) is 1. The molecule has 76 valence electrons. The van der Waals surface area contributed by atoms with Gasteiger partial charge in [0.05, 0.1) is 10.5 Å². The number of Topliss-reactive ketones (excluding diaryl/α,β-unsaturated/α-hetero) is 1. The van der Waals surface area contributed by atoms with Crippen molar-refractivity contribution in [3.63, 3.8) is 0 Å². The molecule has 0 saturated heterocycles. The van der Waals surface area contributed by atoms with Crippen molar-refractivity contribution in [2.45, 2.75) is 6.92 Å². The summed E-state index contributed by atoms with van der Waals surface area (Å²) in [6, 6.07) is 2.87. The molecule has 6 nitrogen and oxygen atoms in total. The van der Waals surface area contributed by atoms with Crippen LogP contribution in [0.4, 0.5) is 11.4 Å². The van der Waals surface area contributed by atoms with Gasteiger partial charge in [-0.15, -0.1) is 0 Å². The molecule has 0 atom stereocenters. The van der Waals surface area contributed by atoms with Crippen LogP contribution < -0.4 is 5.32 Å². The Balaban J connectivity index is 2.74. The Morgan fingerprint density at radius 3 is 2.60 bits per heavy atom. The highest BCUT2D eigenvalue weighted by Crippen LogP contribution is 2.35. The number of hydrogen-bond donors (Lipinski definition) is 1. The van der Waals surface area contributed by atoms with Crippen molar-refractivity contribution < 1.29 is 14.5 Å². The van der Waals surface area contributed by atoms with E-state index < -0.39 is 16.6 Å². The van der Waals surface area contributed by atoms with Gasteiger partial charge in [-0.2, -0.15) is 0 Å². The number of rotatable bonds is 1. The number of aryl methyl sites for hydroxylation is 1. The van der Waals surface area contributed by atoms with Crippen molar-refractivity contribution in [2.24, 2.45) is 0 Å². The molecule has 0 bridgehead atoms. The minimum Gasteiger partial charge on any atom is -0.313 e. The lowest BCUT2D eigenvalue weighted by Crippen LogP contribution is -2.12. The molecule has 6 heteroatoms. The molecule has 15 heavy (non-hydrogen) atoms. The number of carbonyl (C=O) groups excluding carboxylic acids is 2. The van der Waals surface area contributed by atoms with Crippen LogP contribution in [-0.2, 0) is 4.79 Å². The summed E-state index contributed by atoms with van der Waals surface area (Å²) in [7, 11) is 0. The third-order valence-electron chi connectivity index (χ3n) is 2.25. The fourth-order valence-electron chi connectivity index (χ4n) is 1.54. The smallest absolute Gasteiger partial charge is 0.297 e. The number of nitro benzene ring substituents is 1. The Morgan fingerprint density at radius 1 is 1.33 bits per heavy atom. The van der Waals surface area contributed by atoms with E-state index in [-0.39, 0.29) is 16.9 Å². The zero-order chi connectivity index (χ0) is 11.2. The van der Waals surface area contributed by atoms with E-state index in [1.165, 1.54) is 12.1 Å². The molecule has 0 saturated carbocycles. The van der Waals surface area contributed by atoms with Crippen LogP contribution in [0.3, 0.4) is 0 Å². The van der Waals surface area contributed by atoms with Gasteiger partial charge in [0, 0.05) is 5.56 Å². The molecule has 2 rings (SSSR count). The van der Waals surface area contributed by atoms with Crippen LogP contribution in [-0.4, -0.2) is 16.6 Å². The number of anilines is 1. The van der Waals surface area contributed by atoms with Crippen molar-refractivity contribution in [2.75, 3.05) is 5.32 Å². The van der Waals surface area contributed by atoms with Crippen LogP contribution in [0.15, 0.2) is 12.1 Å². The predicted molar refractivity (Wildman–Crippen MR) is 50.8 cm³/mol. The Labute approximate surface area is 84.0 Å². The first-order valence-electron chi connectivity index (χ1n) is 4.16. The van der Waals surface area contributed by atoms with Crippen molar-refractivity contribution in [1.82, 2.24) is 0 Å². The second-order valence-electron chi connectivity index (χ2n) is 3.19. The zero-order valence-electron chi connectivity index (χ0n) is 7.73. The van der Waals surface area contributed by atoms with E-state index in [2.05, 4.69) is 5.32 Å². The van der Waals surface area contributed by atoms with E-state index in [1.54, 1.807) is 6.92 Å². The van der Waals surface area contributed by atoms with E-state index in [9.17, 15) is 19.7 Å². The lowest BCUT2D eigenvalue weighted by molar-refractivity contribution is -0.384. The van der Waals surface area contributed by atoms with Gasteiger partial charge < -0.3 is 5.32 Å². The Bertz CT molecular complexity index is 507. The molecular formula is C9H6N2O4. The second kappa shape index (κ2) is 2.88. The van der Waals surface area contributed by atoms with Crippen LogP contribution in [0.2, 0.25) is 0 Å². The molecule has 0 radical (unpaired) electrons. The summed E-state index contributed by atoms with van der Waals surface area (Å²) >= 11 is 0. The maximum atomic E-state index is 11.2. The SMILES string of the molecule is Cc1ccc2c(c1[N+](=O)[O-])NC(=O)C2=O. The third kappa shape index (κ3) is 1.18. The molecule has 1 aromatic rings. The normalized spacial score (nSPS) is 13.7. The van der Waals surface area contributed by atoms with Crippen molar-refractivity contribution >= 4 is 23.1 Å². The van der Waals surface area contributed by atoms with Crippen LogP contribution >= 0.6 is 0 Å². The van der Waals surface area contributed by atoms with Gasteiger partial charge in [0.2, 0.25) is 0 Å². The number of hydrogen-bond acceptors (Lipinski definition) is 4. The quantitative estimate of drug-likeness (QED) is 0.422. The first-order valence-corrected chi connectivity index (χ1v) is 4.16. The van der Waals surface area contributed by atoms with E-state index in [4.69, 9.17) is 0 Å². The van der Waals surface area contributed by atoms with Crippen LogP contribution in [0.5, 0.6) is 0 Å². The molecule has 1 aliphatic rings. The maximum absolute atomic E-state index is 11.2. The lowest BCUT2D eigenvalue weighted by atomic mass is 10.1. The van der Waals surface area contributed by atoms with Crippen molar-refractivity contribution in [3.05, 3.63) is 33.4 Å². The molecule has 1 aromatic carbocycles. The monoisotopic (exact) mass is 206 g/mol. The number of ketones is 1. The number of fused-ring (bicyclic) bond motifs is 1. The number of benzene rings is 1. The molecule has 1 N–H and O–H groups in total. The fourth-order valence-corrected chi connectivity index (χ4v) is 1.54. The summed E-state index contributed by atoms with van der Waals surface area (Å²) < 4.78 is 0. The van der Waals surface area contributed by atoms with E-state index >= 15 is 0 Å². The topological polar surface area (TPSA) is 89.3 Å².